The van der Waals surface area contributed by atoms with E-state index in [1.807, 2.05) is 0 Å². The molecule has 2 rings (SSSR count). The van der Waals surface area contributed by atoms with Gasteiger partial charge in [0.15, 0.2) is 0 Å². The lowest BCUT2D eigenvalue weighted by Crippen LogP contribution is -2.28. The number of para-hydroxylation sites is 1. The van der Waals surface area contributed by atoms with Gasteiger partial charge in [-0.05, 0) is 30.7 Å². The summed E-state index contributed by atoms with van der Waals surface area (Å²) in [4.78, 5) is 38.2. The van der Waals surface area contributed by atoms with E-state index in [-0.39, 0.29) is 24.3 Å². The Labute approximate surface area is 157 Å². The number of carbonyl (C=O) groups excluding carboxylic acids is 3. The fourth-order valence-electron chi connectivity index (χ4n) is 2.61. The van der Waals surface area contributed by atoms with Gasteiger partial charge in [-0.15, -0.1) is 0 Å². The molecule has 0 aliphatic carbocycles. The van der Waals surface area contributed by atoms with Gasteiger partial charge in [-0.3, -0.25) is 4.79 Å². The minimum absolute atomic E-state index is 0.00865. The van der Waals surface area contributed by atoms with Crippen molar-refractivity contribution < 1.29 is 28.6 Å². The van der Waals surface area contributed by atoms with Crippen LogP contribution >= 0.6 is 0 Å². The molecule has 0 spiro atoms. The summed E-state index contributed by atoms with van der Waals surface area (Å²) in [7, 11) is 2.46. The molecule has 0 amide bonds. The second kappa shape index (κ2) is 9.38. The van der Waals surface area contributed by atoms with Crippen LogP contribution in [0.2, 0.25) is 0 Å². The van der Waals surface area contributed by atoms with Crippen LogP contribution in [0.1, 0.15) is 12.5 Å². The number of hydrogen-bond donors (Lipinski definition) is 0. The van der Waals surface area contributed by atoms with Gasteiger partial charge in [-0.1, -0.05) is 24.3 Å². The second-order valence-electron chi connectivity index (χ2n) is 5.43. The molecule has 1 aromatic carbocycles. The van der Waals surface area contributed by atoms with Crippen molar-refractivity contribution in [2.75, 3.05) is 25.7 Å². The zero-order valence-corrected chi connectivity index (χ0v) is 15.4. The number of nitrogens with zero attached hydrogens (tertiary/aromatic N) is 1. The van der Waals surface area contributed by atoms with Crippen LogP contribution in [0.25, 0.3) is 0 Å². The van der Waals surface area contributed by atoms with Crippen molar-refractivity contribution in [3.63, 3.8) is 0 Å². The van der Waals surface area contributed by atoms with Crippen LogP contribution in [-0.2, 0) is 35.0 Å². The molecular formula is C20H21NO6. The fourth-order valence-corrected chi connectivity index (χ4v) is 2.61. The molecule has 7 heteroatoms. The highest BCUT2D eigenvalue weighted by Gasteiger charge is 2.28. The van der Waals surface area contributed by atoms with Crippen molar-refractivity contribution >= 4 is 23.6 Å². The van der Waals surface area contributed by atoms with Gasteiger partial charge < -0.3 is 19.1 Å². The normalized spacial score (nSPS) is 13.2. The summed E-state index contributed by atoms with van der Waals surface area (Å²) in [6, 6.07) is 7.04. The van der Waals surface area contributed by atoms with Crippen LogP contribution in [0, 0.1) is 0 Å². The van der Waals surface area contributed by atoms with Crippen molar-refractivity contribution in [2.24, 2.45) is 0 Å². The molecule has 0 unspecified atom stereocenters. The summed E-state index contributed by atoms with van der Waals surface area (Å²) < 4.78 is 14.7. The number of benzene rings is 1. The van der Waals surface area contributed by atoms with Crippen molar-refractivity contribution in [3.05, 3.63) is 65.5 Å². The monoisotopic (exact) mass is 371 g/mol. The molecule has 27 heavy (non-hydrogen) atoms. The lowest BCUT2D eigenvalue weighted by molar-refractivity contribution is -0.142. The van der Waals surface area contributed by atoms with Crippen molar-refractivity contribution in [3.8, 4) is 0 Å². The molecule has 0 radical (unpaired) electrons. The maximum atomic E-state index is 12.5. The third-order valence-electron chi connectivity index (χ3n) is 3.78. The highest BCUT2D eigenvalue weighted by molar-refractivity contribution is 6.05. The van der Waals surface area contributed by atoms with E-state index >= 15 is 0 Å². The molecule has 7 nitrogen and oxygen atoms in total. The topological polar surface area (TPSA) is 82.1 Å². The van der Waals surface area contributed by atoms with E-state index in [1.54, 1.807) is 49.5 Å². The number of esters is 3. The number of anilines is 1. The summed E-state index contributed by atoms with van der Waals surface area (Å²) in [5.74, 6) is -1.78. The number of methoxy groups -OCH3 is 2. The van der Waals surface area contributed by atoms with Gasteiger partial charge in [0.2, 0.25) is 0 Å². The summed E-state index contributed by atoms with van der Waals surface area (Å²) in [6.45, 7) is 2.00. The van der Waals surface area contributed by atoms with E-state index in [0.29, 0.717) is 11.3 Å². The number of rotatable bonds is 6. The molecular weight excluding hydrogens is 350 g/mol. The second-order valence-corrected chi connectivity index (χ2v) is 5.43. The van der Waals surface area contributed by atoms with E-state index in [1.165, 1.54) is 25.2 Å². The van der Waals surface area contributed by atoms with Gasteiger partial charge >= 0.3 is 17.9 Å². The lowest BCUT2D eigenvalue weighted by Gasteiger charge is -2.25. The van der Waals surface area contributed by atoms with E-state index in [4.69, 9.17) is 14.2 Å². The van der Waals surface area contributed by atoms with Gasteiger partial charge in [-0.2, -0.15) is 0 Å². The quantitative estimate of drug-likeness (QED) is 0.560. The third kappa shape index (κ3) is 4.63. The first-order valence-electron chi connectivity index (χ1n) is 8.32. The largest absolute Gasteiger partial charge is 0.466 e. The van der Waals surface area contributed by atoms with E-state index in [9.17, 15) is 14.4 Å². The van der Waals surface area contributed by atoms with Crippen LogP contribution in [-0.4, -0.2) is 38.7 Å². The van der Waals surface area contributed by atoms with Crippen LogP contribution < -0.4 is 4.90 Å². The van der Waals surface area contributed by atoms with Crippen molar-refractivity contribution in [1.29, 1.82) is 0 Å². The van der Waals surface area contributed by atoms with E-state index < -0.39 is 17.9 Å². The van der Waals surface area contributed by atoms with Gasteiger partial charge in [0.05, 0.1) is 32.8 Å². The van der Waals surface area contributed by atoms with Crippen molar-refractivity contribution in [2.45, 2.75) is 13.3 Å². The van der Waals surface area contributed by atoms with Crippen molar-refractivity contribution in [1.82, 2.24) is 0 Å². The zero-order chi connectivity index (χ0) is 19.8. The highest BCUT2D eigenvalue weighted by Crippen LogP contribution is 2.29. The lowest BCUT2D eigenvalue weighted by atomic mass is 10.1. The predicted molar refractivity (Wildman–Crippen MR) is 98.6 cm³/mol. The fraction of sp³-hybridized carbons (Fsp3) is 0.250. The number of ether oxygens (including phenoxy) is 3. The number of carbonyl (C=O) groups is 3. The molecule has 0 saturated heterocycles. The highest BCUT2D eigenvalue weighted by atomic mass is 16.5. The average molecular weight is 371 g/mol. The SMILES string of the molecule is CCOC(=O)Cc1ccccc1N1C=CC=CC(C(=O)OC)=C1C(=O)OC. The number of hydrogen-bond acceptors (Lipinski definition) is 7. The van der Waals surface area contributed by atoms with E-state index in [0.717, 1.165) is 0 Å². The molecule has 0 bridgehead atoms. The van der Waals surface area contributed by atoms with Gasteiger partial charge in [-0.25, -0.2) is 9.59 Å². The molecule has 0 saturated carbocycles. The van der Waals surface area contributed by atoms with Gasteiger partial charge in [0, 0.05) is 11.9 Å². The Morgan fingerprint density at radius 3 is 2.37 bits per heavy atom. The zero-order valence-electron chi connectivity index (χ0n) is 15.4. The molecule has 1 aliphatic heterocycles. The summed E-state index contributed by atoms with van der Waals surface area (Å²) >= 11 is 0. The summed E-state index contributed by atoms with van der Waals surface area (Å²) in [5, 5.41) is 0. The molecule has 142 valence electrons. The Balaban J connectivity index is 2.60. The minimum Gasteiger partial charge on any atom is -0.466 e. The number of allylic oxidation sites excluding steroid dienone is 2. The van der Waals surface area contributed by atoms with Crippen LogP contribution in [0.5, 0.6) is 0 Å². The molecule has 1 heterocycles. The minimum atomic E-state index is -0.711. The van der Waals surface area contributed by atoms with Crippen LogP contribution in [0.15, 0.2) is 60.0 Å². The molecule has 0 atom stereocenters. The molecule has 1 aliphatic rings. The summed E-state index contributed by atoms with van der Waals surface area (Å²) in [6.07, 6.45) is 6.39. The molecule has 0 fully saturated rings. The van der Waals surface area contributed by atoms with Gasteiger partial charge in [0.1, 0.15) is 5.70 Å². The standard InChI is InChI=1S/C20H21NO6/c1-4-27-17(22)13-14-9-5-6-11-16(14)21-12-8-7-10-15(19(23)25-2)18(21)20(24)26-3/h5-12H,4,13H2,1-3H3. The first-order valence-corrected chi connectivity index (χ1v) is 8.32. The Morgan fingerprint density at radius 2 is 1.70 bits per heavy atom. The van der Waals surface area contributed by atoms with Crippen LogP contribution in [0.3, 0.4) is 0 Å². The third-order valence-corrected chi connectivity index (χ3v) is 3.78. The Bertz CT molecular complexity index is 822. The Hall–Kier alpha value is -3.35. The Kier molecular flexibility index (Phi) is 6.93. The molecule has 1 aromatic rings. The maximum Gasteiger partial charge on any atom is 0.355 e. The predicted octanol–water partition coefficient (Wildman–Crippen LogP) is 2.28. The Morgan fingerprint density at radius 1 is 1.00 bits per heavy atom. The smallest absolute Gasteiger partial charge is 0.355 e. The van der Waals surface area contributed by atoms with E-state index in [2.05, 4.69) is 0 Å². The molecule has 0 aromatic heterocycles. The van der Waals surface area contributed by atoms with Crippen LogP contribution in [0.4, 0.5) is 5.69 Å². The van der Waals surface area contributed by atoms with Gasteiger partial charge in [0.25, 0.3) is 0 Å². The summed E-state index contributed by atoms with van der Waals surface area (Å²) in [5.41, 5.74) is 1.21. The average Bonchev–Trinajstić information content (AvgIpc) is 2.90. The first-order chi connectivity index (χ1) is 13.0. The first kappa shape index (κ1) is 20.0. The maximum absolute atomic E-state index is 12.5. The molecule has 0 N–H and O–H groups in total.